The molecule has 0 unspecified atom stereocenters. The van der Waals surface area contributed by atoms with Gasteiger partial charge in [0.25, 0.3) is 5.56 Å². The summed E-state index contributed by atoms with van der Waals surface area (Å²) in [5.41, 5.74) is 0.185. The van der Waals surface area contributed by atoms with Crippen LogP contribution < -0.4 is 10.9 Å². The highest BCUT2D eigenvalue weighted by Gasteiger charge is 2.22. The van der Waals surface area contributed by atoms with Crippen LogP contribution >= 0.6 is 0 Å². The van der Waals surface area contributed by atoms with E-state index >= 15 is 0 Å². The van der Waals surface area contributed by atoms with Crippen LogP contribution in [0.15, 0.2) is 53.3 Å². The molecule has 0 bridgehead atoms. The highest BCUT2D eigenvalue weighted by Crippen LogP contribution is 2.17. The average Bonchev–Trinajstić information content (AvgIpc) is 2.63. The van der Waals surface area contributed by atoms with Crippen LogP contribution in [0, 0.1) is 0 Å². The van der Waals surface area contributed by atoms with Crippen LogP contribution in [0.3, 0.4) is 0 Å². The van der Waals surface area contributed by atoms with E-state index in [1.54, 1.807) is 24.3 Å². The van der Waals surface area contributed by atoms with Crippen molar-refractivity contribution >= 4 is 22.8 Å². The lowest BCUT2D eigenvalue weighted by Crippen LogP contribution is -2.38. The van der Waals surface area contributed by atoms with Crippen molar-refractivity contribution in [3.63, 3.8) is 0 Å². The Kier molecular flexibility index (Phi) is 4.61. The monoisotopic (exact) mass is 354 g/mol. The van der Waals surface area contributed by atoms with Gasteiger partial charge >= 0.3 is 5.97 Å². The predicted molar refractivity (Wildman–Crippen MR) is 90.4 cm³/mol. The van der Waals surface area contributed by atoms with Gasteiger partial charge in [0.15, 0.2) is 6.04 Å². The first-order valence-electron chi connectivity index (χ1n) is 7.59. The Hall–Kier alpha value is -3.75. The number of fused-ring (bicyclic) bond motifs is 1. The number of amides is 1. The number of hydrogen-bond donors (Lipinski definition) is 3. The Morgan fingerprint density at radius 3 is 2.50 bits per heavy atom. The van der Waals surface area contributed by atoms with E-state index in [0.29, 0.717) is 10.9 Å². The molecule has 0 spiro atoms. The highest BCUT2D eigenvalue weighted by atomic mass is 16.4. The number of carboxylic acids is 1. The fourth-order valence-electron chi connectivity index (χ4n) is 2.42. The van der Waals surface area contributed by atoms with Crippen molar-refractivity contribution in [1.82, 2.24) is 20.3 Å². The van der Waals surface area contributed by atoms with E-state index in [1.807, 2.05) is 0 Å². The first-order valence-corrected chi connectivity index (χ1v) is 7.59. The summed E-state index contributed by atoms with van der Waals surface area (Å²) >= 11 is 0. The largest absolute Gasteiger partial charge is 0.508 e. The SMILES string of the molecule is O=C(Cn1nnc2ccccc2c1=O)N[C@@H](C(=O)O)c1ccc(O)cc1. The zero-order valence-corrected chi connectivity index (χ0v) is 13.4. The molecule has 1 heterocycles. The quantitative estimate of drug-likeness (QED) is 0.605. The smallest absolute Gasteiger partial charge is 0.330 e. The third kappa shape index (κ3) is 3.51. The fourth-order valence-corrected chi connectivity index (χ4v) is 2.42. The van der Waals surface area contributed by atoms with E-state index in [2.05, 4.69) is 15.6 Å². The average molecular weight is 354 g/mol. The number of benzene rings is 2. The molecule has 132 valence electrons. The molecule has 9 heteroatoms. The third-order valence-electron chi connectivity index (χ3n) is 3.70. The van der Waals surface area contributed by atoms with Crippen LogP contribution in [0.4, 0.5) is 0 Å². The van der Waals surface area contributed by atoms with E-state index in [0.717, 1.165) is 4.68 Å². The highest BCUT2D eigenvalue weighted by molar-refractivity contribution is 5.84. The molecule has 3 rings (SSSR count). The van der Waals surface area contributed by atoms with Crippen molar-refractivity contribution in [1.29, 1.82) is 0 Å². The Bertz CT molecular complexity index is 1030. The Morgan fingerprint density at radius 1 is 1.12 bits per heavy atom. The van der Waals surface area contributed by atoms with Gasteiger partial charge in [-0.3, -0.25) is 9.59 Å². The van der Waals surface area contributed by atoms with E-state index in [9.17, 15) is 24.6 Å². The molecule has 0 aliphatic rings. The number of phenolic OH excluding ortho intramolecular Hbond substituents is 1. The molecule has 26 heavy (non-hydrogen) atoms. The summed E-state index contributed by atoms with van der Waals surface area (Å²) in [6.45, 7) is -0.474. The lowest BCUT2D eigenvalue weighted by Gasteiger charge is -2.15. The van der Waals surface area contributed by atoms with Gasteiger partial charge < -0.3 is 15.5 Å². The molecule has 0 fully saturated rings. The lowest BCUT2D eigenvalue weighted by molar-refractivity contribution is -0.142. The number of nitrogens with one attached hydrogen (secondary N) is 1. The molecule has 1 aromatic heterocycles. The molecular weight excluding hydrogens is 340 g/mol. The third-order valence-corrected chi connectivity index (χ3v) is 3.70. The zero-order chi connectivity index (χ0) is 18.7. The van der Waals surface area contributed by atoms with Gasteiger partial charge in [0.2, 0.25) is 5.91 Å². The number of nitrogens with zero attached hydrogens (tertiary/aromatic N) is 3. The van der Waals surface area contributed by atoms with Crippen molar-refractivity contribution in [2.24, 2.45) is 0 Å². The number of carboxylic acid groups (broad SMARTS) is 1. The van der Waals surface area contributed by atoms with Crippen LogP contribution in [0.25, 0.3) is 10.9 Å². The molecule has 9 nitrogen and oxygen atoms in total. The number of aromatic hydroxyl groups is 1. The predicted octanol–water partition coefficient (Wildman–Crippen LogP) is 0.439. The minimum atomic E-state index is -1.33. The number of carbonyl (C=O) groups excluding carboxylic acids is 1. The summed E-state index contributed by atoms with van der Waals surface area (Å²) in [5.74, 6) is -2.01. The summed E-state index contributed by atoms with van der Waals surface area (Å²) in [6.07, 6.45) is 0. The second-order valence-corrected chi connectivity index (χ2v) is 5.50. The molecule has 0 saturated heterocycles. The van der Waals surface area contributed by atoms with E-state index in [4.69, 9.17) is 0 Å². The molecule has 0 aliphatic heterocycles. The molecule has 0 saturated carbocycles. The maximum Gasteiger partial charge on any atom is 0.330 e. The van der Waals surface area contributed by atoms with Gasteiger partial charge in [0.05, 0.1) is 5.39 Å². The van der Waals surface area contributed by atoms with Gasteiger partial charge in [0.1, 0.15) is 17.8 Å². The summed E-state index contributed by atoms with van der Waals surface area (Å²) in [4.78, 5) is 36.0. The van der Waals surface area contributed by atoms with Crippen molar-refractivity contribution in [3.05, 3.63) is 64.4 Å². The van der Waals surface area contributed by atoms with Crippen molar-refractivity contribution in [3.8, 4) is 5.75 Å². The molecular formula is C17H14N4O5. The normalized spacial score (nSPS) is 11.8. The zero-order valence-electron chi connectivity index (χ0n) is 13.4. The van der Waals surface area contributed by atoms with E-state index in [1.165, 1.54) is 24.3 Å². The maximum atomic E-state index is 12.3. The Labute approximate surface area is 146 Å². The van der Waals surface area contributed by atoms with Crippen molar-refractivity contribution in [2.45, 2.75) is 12.6 Å². The van der Waals surface area contributed by atoms with Gasteiger partial charge in [-0.1, -0.05) is 29.5 Å². The van der Waals surface area contributed by atoms with Crippen LogP contribution in [0.1, 0.15) is 11.6 Å². The maximum absolute atomic E-state index is 12.3. The van der Waals surface area contributed by atoms with Gasteiger partial charge in [-0.25, -0.2) is 9.48 Å². The number of aromatic nitrogens is 3. The van der Waals surface area contributed by atoms with E-state index < -0.39 is 30.0 Å². The molecule has 3 N–H and O–H groups in total. The van der Waals surface area contributed by atoms with Crippen molar-refractivity contribution in [2.75, 3.05) is 0 Å². The minimum Gasteiger partial charge on any atom is -0.508 e. The fraction of sp³-hybridized carbons (Fsp3) is 0.118. The van der Waals surface area contributed by atoms with Crippen LogP contribution in [-0.2, 0) is 16.1 Å². The van der Waals surface area contributed by atoms with Gasteiger partial charge in [-0.15, -0.1) is 5.10 Å². The molecule has 1 amide bonds. The first-order chi connectivity index (χ1) is 12.5. The van der Waals surface area contributed by atoms with Crippen LogP contribution in [0.2, 0.25) is 0 Å². The van der Waals surface area contributed by atoms with Crippen molar-refractivity contribution < 1.29 is 19.8 Å². The standard InChI is InChI=1S/C17H14N4O5/c22-11-7-5-10(6-8-11)15(17(25)26)18-14(23)9-21-16(24)12-3-1-2-4-13(12)19-20-21/h1-8,15,22H,9H2,(H,18,23)(H,25,26)/t15-/m1/s1. The van der Waals surface area contributed by atoms with Crippen LogP contribution in [0.5, 0.6) is 5.75 Å². The van der Waals surface area contributed by atoms with E-state index in [-0.39, 0.29) is 11.3 Å². The molecule has 0 radical (unpaired) electrons. The molecule has 1 atom stereocenters. The summed E-state index contributed by atoms with van der Waals surface area (Å²) < 4.78 is 0.868. The Morgan fingerprint density at radius 2 is 1.81 bits per heavy atom. The Balaban J connectivity index is 1.81. The number of rotatable bonds is 5. The molecule has 2 aromatic carbocycles. The van der Waals surface area contributed by atoms with Gasteiger partial charge in [-0.2, -0.15) is 0 Å². The minimum absolute atomic E-state index is 0.0257. The second-order valence-electron chi connectivity index (χ2n) is 5.50. The number of carbonyl (C=O) groups is 2. The van der Waals surface area contributed by atoms with Gasteiger partial charge in [-0.05, 0) is 29.8 Å². The first kappa shape index (κ1) is 17.1. The summed E-state index contributed by atoms with van der Waals surface area (Å²) in [7, 11) is 0. The van der Waals surface area contributed by atoms with Crippen LogP contribution in [-0.4, -0.2) is 37.1 Å². The molecule has 3 aromatic rings. The number of hydrogen-bond acceptors (Lipinski definition) is 6. The molecule has 0 aliphatic carbocycles. The summed E-state index contributed by atoms with van der Waals surface area (Å²) in [5, 5.41) is 28.8. The lowest BCUT2D eigenvalue weighted by atomic mass is 10.1. The number of aliphatic carboxylic acids is 1. The topological polar surface area (TPSA) is 134 Å². The van der Waals surface area contributed by atoms with Gasteiger partial charge in [0, 0.05) is 0 Å². The second kappa shape index (κ2) is 7.01. The number of phenols is 1. The summed E-state index contributed by atoms with van der Waals surface area (Å²) in [6, 6.07) is 10.6.